The van der Waals surface area contributed by atoms with Crippen LogP contribution in [0.5, 0.6) is 0 Å². The van der Waals surface area contributed by atoms with Crippen LogP contribution < -0.4 is 10.6 Å². The molecule has 0 saturated carbocycles. The van der Waals surface area contributed by atoms with Crippen LogP contribution in [-0.4, -0.2) is 38.8 Å². The predicted molar refractivity (Wildman–Crippen MR) is 48.0 cm³/mol. The molecule has 0 heterocycles. The predicted octanol–water partition coefficient (Wildman–Crippen LogP) is -0.251. The number of likely N-dealkylation sites (N-methyl/N-ethyl adjacent to an activating group) is 2. The molecule has 0 aliphatic carbocycles. The summed E-state index contributed by atoms with van der Waals surface area (Å²) in [6, 6.07) is 0. The fourth-order valence-electron chi connectivity index (χ4n) is 0.734. The van der Waals surface area contributed by atoms with Gasteiger partial charge in [-0.2, -0.15) is 0 Å². The van der Waals surface area contributed by atoms with Gasteiger partial charge in [0.15, 0.2) is 0 Å². The van der Waals surface area contributed by atoms with E-state index in [2.05, 4.69) is 10.6 Å². The van der Waals surface area contributed by atoms with Gasteiger partial charge in [0, 0.05) is 13.1 Å². The highest BCUT2D eigenvalue weighted by Gasteiger charge is 1.97. The van der Waals surface area contributed by atoms with Crippen LogP contribution in [0, 0.1) is 0 Å². The van der Waals surface area contributed by atoms with Gasteiger partial charge in [0.1, 0.15) is 6.61 Å². The number of carbonyl (C=O) groups is 1. The third kappa shape index (κ3) is 7.50. The average Bonchev–Trinajstić information content (AvgIpc) is 2.05. The van der Waals surface area contributed by atoms with Crippen molar-refractivity contribution in [2.45, 2.75) is 13.8 Å². The van der Waals surface area contributed by atoms with E-state index >= 15 is 0 Å². The van der Waals surface area contributed by atoms with Gasteiger partial charge in [0.2, 0.25) is 5.91 Å². The molecule has 0 fully saturated rings. The van der Waals surface area contributed by atoms with Gasteiger partial charge in [-0.1, -0.05) is 6.92 Å². The third-order valence-corrected chi connectivity index (χ3v) is 1.28. The lowest BCUT2D eigenvalue weighted by molar-refractivity contribution is -0.125. The fourth-order valence-corrected chi connectivity index (χ4v) is 0.734. The Hall–Kier alpha value is -0.610. The maximum atomic E-state index is 10.8. The molecule has 0 spiro atoms. The Morgan fingerprint density at radius 3 is 2.67 bits per heavy atom. The maximum absolute atomic E-state index is 10.8. The molecular weight excluding hydrogens is 156 g/mol. The van der Waals surface area contributed by atoms with Crippen molar-refractivity contribution in [1.29, 1.82) is 0 Å². The molecular formula is C8H18N2O2. The molecule has 0 aromatic heterocycles. The molecule has 0 radical (unpaired) electrons. The summed E-state index contributed by atoms with van der Waals surface area (Å²) in [6.07, 6.45) is 0. The van der Waals surface area contributed by atoms with Gasteiger partial charge in [0.05, 0.1) is 6.61 Å². The minimum Gasteiger partial charge on any atom is -0.370 e. The molecule has 0 atom stereocenters. The molecule has 0 bridgehead atoms. The van der Waals surface area contributed by atoms with Crippen LogP contribution in [-0.2, 0) is 9.53 Å². The van der Waals surface area contributed by atoms with Gasteiger partial charge in [-0.05, 0) is 13.5 Å². The van der Waals surface area contributed by atoms with Crippen LogP contribution in [0.25, 0.3) is 0 Å². The van der Waals surface area contributed by atoms with E-state index in [1.54, 1.807) is 0 Å². The Morgan fingerprint density at radius 1 is 1.33 bits per heavy atom. The number of hydrogen-bond donors (Lipinski definition) is 2. The second-order valence-corrected chi connectivity index (χ2v) is 2.36. The van der Waals surface area contributed by atoms with Gasteiger partial charge >= 0.3 is 0 Å². The Balaban J connectivity index is 3.03. The molecule has 0 aliphatic heterocycles. The zero-order chi connectivity index (χ0) is 9.23. The van der Waals surface area contributed by atoms with Gasteiger partial charge in [-0.3, -0.25) is 4.79 Å². The zero-order valence-corrected chi connectivity index (χ0v) is 7.85. The van der Waals surface area contributed by atoms with E-state index in [0.717, 1.165) is 13.1 Å². The molecule has 0 unspecified atom stereocenters. The van der Waals surface area contributed by atoms with Crippen molar-refractivity contribution in [1.82, 2.24) is 10.6 Å². The van der Waals surface area contributed by atoms with Crippen LogP contribution in [0.1, 0.15) is 13.8 Å². The van der Waals surface area contributed by atoms with Gasteiger partial charge in [0.25, 0.3) is 0 Å². The second-order valence-electron chi connectivity index (χ2n) is 2.36. The first-order chi connectivity index (χ1) is 5.81. The Kier molecular flexibility index (Phi) is 8.05. The summed E-state index contributed by atoms with van der Waals surface area (Å²) in [7, 11) is 0. The fraction of sp³-hybridized carbons (Fsp3) is 0.875. The highest BCUT2D eigenvalue weighted by Crippen LogP contribution is 1.73. The standard InChI is InChI=1S/C8H18N2O2/c1-3-9-5-6-12-7-8(11)10-4-2/h9H,3-7H2,1-2H3,(H,10,11). The van der Waals surface area contributed by atoms with Crippen molar-refractivity contribution in [2.24, 2.45) is 0 Å². The largest absolute Gasteiger partial charge is 0.370 e. The zero-order valence-electron chi connectivity index (χ0n) is 7.85. The Labute approximate surface area is 73.7 Å². The number of carbonyl (C=O) groups excluding carboxylic acids is 1. The van der Waals surface area contributed by atoms with Crippen molar-refractivity contribution in [3.05, 3.63) is 0 Å². The first-order valence-electron chi connectivity index (χ1n) is 4.36. The molecule has 0 aromatic carbocycles. The summed E-state index contributed by atoms with van der Waals surface area (Å²) in [5, 5.41) is 5.75. The normalized spacial score (nSPS) is 9.83. The highest BCUT2D eigenvalue weighted by molar-refractivity contribution is 5.77. The highest BCUT2D eigenvalue weighted by atomic mass is 16.5. The molecule has 2 N–H and O–H groups in total. The number of amides is 1. The SMILES string of the molecule is CCNCCOCC(=O)NCC. The van der Waals surface area contributed by atoms with Gasteiger partial charge in [-0.25, -0.2) is 0 Å². The lowest BCUT2D eigenvalue weighted by Gasteiger charge is -2.04. The number of hydrogen-bond acceptors (Lipinski definition) is 3. The first-order valence-corrected chi connectivity index (χ1v) is 4.36. The lowest BCUT2D eigenvalue weighted by atomic mass is 10.6. The van der Waals surface area contributed by atoms with E-state index in [0.29, 0.717) is 13.2 Å². The van der Waals surface area contributed by atoms with Crippen molar-refractivity contribution in [3.63, 3.8) is 0 Å². The van der Waals surface area contributed by atoms with E-state index < -0.39 is 0 Å². The molecule has 12 heavy (non-hydrogen) atoms. The number of rotatable bonds is 7. The molecule has 4 heteroatoms. The van der Waals surface area contributed by atoms with Crippen molar-refractivity contribution < 1.29 is 9.53 Å². The maximum Gasteiger partial charge on any atom is 0.245 e. The lowest BCUT2D eigenvalue weighted by Crippen LogP contribution is -2.28. The van der Waals surface area contributed by atoms with Crippen LogP contribution in [0.3, 0.4) is 0 Å². The topological polar surface area (TPSA) is 50.4 Å². The molecule has 0 aliphatic rings. The number of ether oxygens (including phenoxy) is 1. The Morgan fingerprint density at radius 2 is 2.08 bits per heavy atom. The Bertz CT molecular complexity index is 118. The second kappa shape index (κ2) is 8.49. The molecule has 0 rings (SSSR count). The molecule has 1 amide bonds. The van der Waals surface area contributed by atoms with Crippen LogP contribution in [0.4, 0.5) is 0 Å². The van der Waals surface area contributed by atoms with E-state index in [1.807, 2.05) is 13.8 Å². The van der Waals surface area contributed by atoms with Crippen LogP contribution in [0.2, 0.25) is 0 Å². The van der Waals surface area contributed by atoms with E-state index in [9.17, 15) is 4.79 Å². The monoisotopic (exact) mass is 174 g/mol. The van der Waals surface area contributed by atoms with Gasteiger partial charge < -0.3 is 15.4 Å². The van der Waals surface area contributed by atoms with Crippen molar-refractivity contribution in [3.8, 4) is 0 Å². The van der Waals surface area contributed by atoms with E-state index in [-0.39, 0.29) is 12.5 Å². The molecule has 4 nitrogen and oxygen atoms in total. The van der Waals surface area contributed by atoms with Crippen LogP contribution in [0.15, 0.2) is 0 Å². The van der Waals surface area contributed by atoms with Crippen molar-refractivity contribution >= 4 is 5.91 Å². The summed E-state index contributed by atoms with van der Waals surface area (Å²) in [5.74, 6) is -0.0472. The summed E-state index contributed by atoms with van der Waals surface area (Å²) < 4.78 is 5.08. The quantitative estimate of drug-likeness (QED) is 0.523. The first kappa shape index (κ1) is 11.4. The summed E-state index contributed by atoms with van der Waals surface area (Å²) >= 11 is 0. The van der Waals surface area contributed by atoms with Gasteiger partial charge in [-0.15, -0.1) is 0 Å². The summed E-state index contributed by atoms with van der Waals surface area (Å²) in [6.45, 7) is 7.07. The van der Waals surface area contributed by atoms with Crippen LogP contribution >= 0.6 is 0 Å². The minimum absolute atomic E-state index is 0.0472. The summed E-state index contributed by atoms with van der Waals surface area (Å²) in [5.41, 5.74) is 0. The van der Waals surface area contributed by atoms with Crippen molar-refractivity contribution in [2.75, 3.05) is 32.8 Å². The molecule has 0 aromatic rings. The molecule has 0 saturated heterocycles. The molecule has 72 valence electrons. The minimum atomic E-state index is -0.0472. The third-order valence-electron chi connectivity index (χ3n) is 1.28. The summed E-state index contributed by atoms with van der Waals surface area (Å²) in [4.78, 5) is 10.8. The smallest absolute Gasteiger partial charge is 0.245 e. The van der Waals surface area contributed by atoms with E-state index in [1.165, 1.54) is 0 Å². The number of nitrogens with one attached hydrogen (secondary N) is 2. The average molecular weight is 174 g/mol. The van der Waals surface area contributed by atoms with E-state index in [4.69, 9.17) is 4.74 Å².